The van der Waals surface area contributed by atoms with Crippen molar-refractivity contribution in [3.8, 4) is 0 Å². The zero-order valence-electron chi connectivity index (χ0n) is 18.7. The predicted molar refractivity (Wildman–Crippen MR) is 128 cm³/mol. The molecule has 2 aliphatic rings. The lowest BCUT2D eigenvalue weighted by molar-refractivity contribution is -0.385. The van der Waals surface area contributed by atoms with E-state index in [0.717, 1.165) is 37.7 Å². The zero-order valence-corrected chi connectivity index (χ0v) is 19.5. The van der Waals surface area contributed by atoms with Gasteiger partial charge in [0.25, 0.3) is 5.69 Å². The highest BCUT2D eigenvalue weighted by molar-refractivity contribution is 7.89. The van der Waals surface area contributed by atoms with Crippen LogP contribution in [0.15, 0.2) is 58.5 Å². The van der Waals surface area contributed by atoms with Gasteiger partial charge in [0.15, 0.2) is 0 Å². The SMILES string of the molecule is CN1CCC(=NNc2ccc([N+](=O)[O-])cc2S(=O)(=O)N2CCC(c3ccccc3)CC2)CC1. The van der Waals surface area contributed by atoms with E-state index in [0.29, 0.717) is 31.8 Å². The molecule has 0 aliphatic carbocycles. The van der Waals surface area contributed by atoms with E-state index in [1.165, 1.54) is 22.0 Å². The lowest BCUT2D eigenvalue weighted by Gasteiger charge is -2.31. The Morgan fingerprint density at radius 3 is 2.33 bits per heavy atom. The van der Waals surface area contributed by atoms with Gasteiger partial charge in [-0.05, 0) is 37.4 Å². The van der Waals surface area contributed by atoms with Gasteiger partial charge in [-0.25, -0.2) is 8.42 Å². The molecule has 0 unspecified atom stereocenters. The number of hydrazone groups is 1. The molecule has 0 saturated carbocycles. The quantitative estimate of drug-likeness (QED) is 0.509. The van der Waals surface area contributed by atoms with Gasteiger partial charge in [-0.1, -0.05) is 30.3 Å². The van der Waals surface area contributed by atoms with Gasteiger partial charge in [-0.15, -0.1) is 0 Å². The van der Waals surface area contributed by atoms with Crippen molar-refractivity contribution in [3.05, 3.63) is 64.2 Å². The van der Waals surface area contributed by atoms with Gasteiger partial charge in [0.1, 0.15) is 4.90 Å². The second-order valence-electron chi connectivity index (χ2n) is 8.62. The first-order chi connectivity index (χ1) is 15.8. The molecule has 2 saturated heterocycles. The smallest absolute Gasteiger partial charge is 0.270 e. The van der Waals surface area contributed by atoms with Gasteiger partial charge < -0.3 is 4.90 Å². The summed E-state index contributed by atoms with van der Waals surface area (Å²) in [7, 11) is -1.88. The van der Waals surface area contributed by atoms with Gasteiger partial charge in [0.05, 0.1) is 10.6 Å². The van der Waals surface area contributed by atoms with Crippen LogP contribution in [-0.4, -0.2) is 61.5 Å². The largest absolute Gasteiger partial charge is 0.306 e. The van der Waals surface area contributed by atoms with Crippen LogP contribution < -0.4 is 5.43 Å². The molecule has 0 atom stereocenters. The van der Waals surface area contributed by atoms with Gasteiger partial charge in [-0.2, -0.15) is 9.41 Å². The van der Waals surface area contributed by atoms with Crippen molar-refractivity contribution in [3.63, 3.8) is 0 Å². The second-order valence-corrected chi connectivity index (χ2v) is 10.5. The number of nitrogens with zero attached hydrogens (tertiary/aromatic N) is 4. The molecule has 9 nitrogen and oxygen atoms in total. The van der Waals surface area contributed by atoms with Crippen LogP contribution >= 0.6 is 0 Å². The number of nitro groups is 1. The molecule has 0 amide bonds. The van der Waals surface area contributed by atoms with Gasteiger partial charge in [-0.3, -0.25) is 15.5 Å². The third-order valence-electron chi connectivity index (χ3n) is 6.42. The standard InChI is InChI=1S/C23H29N5O4S/c1-26-13-11-20(12-14-26)24-25-22-8-7-21(28(29)30)17-23(22)33(31,32)27-15-9-19(10-16-27)18-5-3-2-4-6-18/h2-8,17,19,25H,9-16H2,1H3. The number of hydrogen-bond donors (Lipinski definition) is 1. The van der Waals surface area contributed by atoms with Crippen molar-refractivity contribution in [2.24, 2.45) is 5.10 Å². The molecule has 2 aliphatic heterocycles. The Morgan fingerprint density at radius 2 is 1.70 bits per heavy atom. The molecule has 2 aromatic rings. The molecule has 0 aromatic heterocycles. The number of non-ortho nitro benzene ring substituents is 1. The molecule has 0 bridgehead atoms. The average molecular weight is 472 g/mol. The van der Waals surface area contributed by atoms with Crippen molar-refractivity contribution < 1.29 is 13.3 Å². The normalized spacial score (nSPS) is 18.8. The average Bonchev–Trinajstić information content (AvgIpc) is 2.84. The van der Waals surface area contributed by atoms with Crippen molar-refractivity contribution >= 4 is 27.1 Å². The number of piperidine rings is 2. The van der Waals surface area contributed by atoms with E-state index in [9.17, 15) is 18.5 Å². The highest BCUT2D eigenvalue weighted by atomic mass is 32.2. The molecule has 176 valence electrons. The molecule has 2 fully saturated rings. The fourth-order valence-corrected chi connectivity index (χ4v) is 5.98. The van der Waals surface area contributed by atoms with Gasteiger partial charge in [0.2, 0.25) is 10.0 Å². The maximum absolute atomic E-state index is 13.5. The van der Waals surface area contributed by atoms with Crippen LogP contribution in [0.25, 0.3) is 0 Å². The number of anilines is 1. The predicted octanol–water partition coefficient (Wildman–Crippen LogP) is 3.66. The lowest BCUT2D eigenvalue weighted by atomic mass is 9.90. The molecule has 2 aromatic carbocycles. The Balaban J connectivity index is 1.56. The first-order valence-electron chi connectivity index (χ1n) is 11.2. The van der Waals surface area contributed by atoms with Gasteiger partial charge in [0, 0.05) is 56.9 Å². The van der Waals surface area contributed by atoms with Crippen LogP contribution in [0.5, 0.6) is 0 Å². The number of nitro benzene ring substituents is 1. The molecular weight excluding hydrogens is 442 g/mol. The van der Waals surface area contributed by atoms with Crippen LogP contribution in [-0.2, 0) is 10.0 Å². The molecule has 0 spiro atoms. The number of sulfonamides is 1. The third kappa shape index (κ3) is 5.40. The minimum atomic E-state index is -3.93. The summed E-state index contributed by atoms with van der Waals surface area (Å²) in [5.74, 6) is 0.302. The molecule has 0 radical (unpaired) electrons. The van der Waals surface area contributed by atoms with Crippen LogP contribution in [0.4, 0.5) is 11.4 Å². The first-order valence-corrected chi connectivity index (χ1v) is 12.6. The van der Waals surface area contributed by atoms with E-state index >= 15 is 0 Å². The fraction of sp³-hybridized carbons (Fsp3) is 0.435. The highest BCUT2D eigenvalue weighted by Crippen LogP contribution is 2.34. The number of rotatable bonds is 6. The number of hydrogen-bond acceptors (Lipinski definition) is 7. The Labute approximate surface area is 194 Å². The minimum absolute atomic E-state index is 0.105. The Kier molecular flexibility index (Phi) is 7.06. The molecule has 4 rings (SSSR count). The maximum Gasteiger partial charge on any atom is 0.270 e. The van der Waals surface area contributed by atoms with Crippen LogP contribution in [0.3, 0.4) is 0 Å². The molecule has 10 heteroatoms. The molecular formula is C23H29N5O4S. The van der Waals surface area contributed by atoms with Crippen molar-refractivity contribution in [2.45, 2.75) is 36.5 Å². The monoisotopic (exact) mass is 471 g/mol. The van der Waals surface area contributed by atoms with E-state index in [1.54, 1.807) is 0 Å². The number of nitrogens with one attached hydrogen (secondary N) is 1. The van der Waals surface area contributed by atoms with Crippen LogP contribution in [0.1, 0.15) is 37.2 Å². The summed E-state index contributed by atoms with van der Waals surface area (Å²) in [4.78, 5) is 12.9. The van der Waals surface area contributed by atoms with Crippen molar-refractivity contribution in [1.82, 2.24) is 9.21 Å². The summed E-state index contributed by atoms with van der Waals surface area (Å²) < 4.78 is 28.5. The van der Waals surface area contributed by atoms with Crippen LogP contribution in [0, 0.1) is 10.1 Å². The summed E-state index contributed by atoms with van der Waals surface area (Å²) in [5, 5.41) is 15.8. The Hall–Kier alpha value is -2.82. The van der Waals surface area contributed by atoms with Crippen LogP contribution in [0.2, 0.25) is 0 Å². The highest BCUT2D eigenvalue weighted by Gasteiger charge is 2.33. The summed E-state index contributed by atoms with van der Waals surface area (Å²) >= 11 is 0. The lowest BCUT2D eigenvalue weighted by Crippen LogP contribution is -2.38. The maximum atomic E-state index is 13.5. The van der Waals surface area contributed by atoms with E-state index in [2.05, 4.69) is 27.6 Å². The number of benzene rings is 2. The Morgan fingerprint density at radius 1 is 1.03 bits per heavy atom. The Bertz CT molecular complexity index is 1120. The molecule has 2 heterocycles. The van der Waals surface area contributed by atoms with Gasteiger partial charge >= 0.3 is 0 Å². The molecule has 33 heavy (non-hydrogen) atoms. The van der Waals surface area contributed by atoms with E-state index < -0.39 is 14.9 Å². The summed E-state index contributed by atoms with van der Waals surface area (Å²) in [6, 6.07) is 14.0. The summed E-state index contributed by atoms with van der Waals surface area (Å²) in [5.41, 5.74) is 5.05. The summed E-state index contributed by atoms with van der Waals surface area (Å²) in [6.07, 6.45) is 3.00. The zero-order chi connectivity index (χ0) is 23.4. The first kappa shape index (κ1) is 23.3. The van der Waals surface area contributed by atoms with E-state index in [1.807, 2.05) is 25.2 Å². The summed E-state index contributed by atoms with van der Waals surface area (Å²) in [6.45, 7) is 2.51. The van der Waals surface area contributed by atoms with Crippen molar-refractivity contribution in [1.29, 1.82) is 0 Å². The van der Waals surface area contributed by atoms with E-state index in [-0.39, 0.29) is 16.3 Å². The number of likely N-dealkylation sites (tertiary alicyclic amines) is 1. The third-order valence-corrected chi connectivity index (χ3v) is 8.36. The fourth-order valence-electron chi connectivity index (χ4n) is 4.35. The van der Waals surface area contributed by atoms with E-state index in [4.69, 9.17) is 0 Å². The minimum Gasteiger partial charge on any atom is -0.306 e. The van der Waals surface area contributed by atoms with Crippen molar-refractivity contribution in [2.75, 3.05) is 38.7 Å². The topological polar surface area (TPSA) is 108 Å². The molecule has 1 N–H and O–H groups in total. The second kappa shape index (κ2) is 9.98.